The summed E-state index contributed by atoms with van der Waals surface area (Å²) in [4.78, 5) is 0. The van der Waals surface area contributed by atoms with Crippen LogP contribution in [0.5, 0.6) is 0 Å². The number of aliphatic hydroxyl groups is 4. The second kappa shape index (κ2) is 9.40. The summed E-state index contributed by atoms with van der Waals surface area (Å²) < 4.78 is 0. The van der Waals surface area contributed by atoms with E-state index < -0.39 is 0 Å². The Labute approximate surface area is 85.2 Å². The summed E-state index contributed by atoms with van der Waals surface area (Å²) in [5.41, 5.74) is 0. The Morgan fingerprint density at radius 2 is 0.714 bits per heavy atom. The summed E-state index contributed by atoms with van der Waals surface area (Å²) in [7, 11) is 0. The van der Waals surface area contributed by atoms with Crippen molar-refractivity contribution in [1.82, 2.24) is 0 Å². The van der Waals surface area contributed by atoms with E-state index in [1.807, 2.05) is 0 Å². The largest absolute Gasteiger partial charge is 0.396 e. The van der Waals surface area contributed by atoms with E-state index in [4.69, 9.17) is 20.4 Å². The molecule has 0 rings (SSSR count). The standard InChI is InChI=1S/C10H22O4/c11-5-1-9(2-6-12)10(3-7-13)4-8-14/h9-14H,1-8H2. The van der Waals surface area contributed by atoms with Crippen LogP contribution in [0, 0.1) is 11.8 Å². The lowest BCUT2D eigenvalue weighted by atomic mass is 9.83. The van der Waals surface area contributed by atoms with Crippen molar-refractivity contribution in [2.45, 2.75) is 25.7 Å². The minimum Gasteiger partial charge on any atom is -0.396 e. The predicted molar refractivity (Wildman–Crippen MR) is 53.8 cm³/mol. The molecule has 0 fully saturated rings. The van der Waals surface area contributed by atoms with Crippen molar-refractivity contribution in [2.75, 3.05) is 26.4 Å². The first-order valence-electron chi connectivity index (χ1n) is 5.23. The van der Waals surface area contributed by atoms with Crippen molar-refractivity contribution in [2.24, 2.45) is 11.8 Å². The van der Waals surface area contributed by atoms with Gasteiger partial charge in [0.25, 0.3) is 0 Å². The molecule has 0 heterocycles. The predicted octanol–water partition coefficient (Wildman–Crippen LogP) is -0.252. The van der Waals surface area contributed by atoms with Gasteiger partial charge in [-0.2, -0.15) is 0 Å². The fourth-order valence-electron chi connectivity index (χ4n) is 1.89. The Balaban J connectivity index is 4.06. The van der Waals surface area contributed by atoms with Crippen LogP contribution in [0.25, 0.3) is 0 Å². The van der Waals surface area contributed by atoms with Gasteiger partial charge >= 0.3 is 0 Å². The molecule has 0 aromatic carbocycles. The molecule has 0 aromatic rings. The molecule has 0 aliphatic carbocycles. The van der Waals surface area contributed by atoms with Crippen LogP contribution in [-0.4, -0.2) is 46.9 Å². The molecule has 0 unspecified atom stereocenters. The second-order valence-corrected chi connectivity index (χ2v) is 3.57. The van der Waals surface area contributed by atoms with E-state index in [0.717, 1.165) is 0 Å². The van der Waals surface area contributed by atoms with Gasteiger partial charge in [0.15, 0.2) is 0 Å². The van der Waals surface area contributed by atoms with Crippen LogP contribution in [0.1, 0.15) is 25.7 Å². The quantitative estimate of drug-likeness (QED) is 0.419. The van der Waals surface area contributed by atoms with Crippen molar-refractivity contribution in [1.29, 1.82) is 0 Å². The molecule has 0 aliphatic heterocycles. The Kier molecular flexibility index (Phi) is 9.29. The lowest BCUT2D eigenvalue weighted by molar-refractivity contribution is 0.129. The van der Waals surface area contributed by atoms with E-state index in [2.05, 4.69) is 0 Å². The monoisotopic (exact) mass is 206 g/mol. The first kappa shape index (κ1) is 13.8. The highest BCUT2D eigenvalue weighted by Crippen LogP contribution is 2.25. The minimum atomic E-state index is 0.0953. The Bertz CT molecular complexity index is 92.7. The molecule has 0 atom stereocenters. The van der Waals surface area contributed by atoms with E-state index in [-0.39, 0.29) is 38.3 Å². The SMILES string of the molecule is OCCC(CCO)C(CCO)CCO. The molecule has 0 saturated heterocycles. The molecule has 0 amide bonds. The Hall–Kier alpha value is -0.160. The molecule has 4 heteroatoms. The van der Waals surface area contributed by atoms with Gasteiger partial charge in [-0.25, -0.2) is 0 Å². The number of aliphatic hydroxyl groups excluding tert-OH is 4. The van der Waals surface area contributed by atoms with E-state index in [1.165, 1.54) is 0 Å². The van der Waals surface area contributed by atoms with E-state index in [9.17, 15) is 0 Å². The Morgan fingerprint density at radius 3 is 0.857 bits per heavy atom. The van der Waals surface area contributed by atoms with Gasteiger partial charge < -0.3 is 20.4 Å². The third-order valence-electron chi connectivity index (χ3n) is 2.67. The molecule has 0 radical (unpaired) electrons. The highest BCUT2D eigenvalue weighted by molar-refractivity contribution is 4.70. The van der Waals surface area contributed by atoms with Gasteiger partial charge in [0.05, 0.1) is 0 Å². The first-order chi connectivity index (χ1) is 6.79. The zero-order valence-electron chi connectivity index (χ0n) is 8.60. The van der Waals surface area contributed by atoms with Gasteiger partial charge in [-0.1, -0.05) is 0 Å². The summed E-state index contributed by atoms with van der Waals surface area (Å²) in [6.07, 6.45) is 2.52. The zero-order valence-corrected chi connectivity index (χ0v) is 8.60. The van der Waals surface area contributed by atoms with E-state index in [0.29, 0.717) is 25.7 Å². The van der Waals surface area contributed by atoms with Gasteiger partial charge in [0, 0.05) is 26.4 Å². The van der Waals surface area contributed by atoms with Crippen LogP contribution in [0.4, 0.5) is 0 Å². The smallest absolute Gasteiger partial charge is 0.0433 e. The van der Waals surface area contributed by atoms with E-state index in [1.54, 1.807) is 0 Å². The maximum Gasteiger partial charge on any atom is 0.0433 e. The maximum absolute atomic E-state index is 8.84. The van der Waals surface area contributed by atoms with Crippen LogP contribution < -0.4 is 0 Å². The van der Waals surface area contributed by atoms with Crippen LogP contribution in [0.3, 0.4) is 0 Å². The lowest BCUT2D eigenvalue weighted by Crippen LogP contribution is -2.20. The van der Waals surface area contributed by atoms with Crippen molar-refractivity contribution < 1.29 is 20.4 Å². The molecule has 0 saturated carbocycles. The lowest BCUT2D eigenvalue weighted by Gasteiger charge is -2.25. The zero-order chi connectivity index (χ0) is 10.8. The maximum atomic E-state index is 8.84. The van der Waals surface area contributed by atoms with Crippen LogP contribution in [-0.2, 0) is 0 Å². The topological polar surface area (TPSA) is 80.9 Å². The van der Waals surface area contributed by atoms with Crippen molar-refractivity contribution in [3.63, 3.8) is 0 Å². The normalized spacial score (nSPS) is 11.6. The number of rotatable bonds is 9. The molecule has 4 N–H and O–H groups in total. The van der Waals surface area contributed by atoms with Crippen molar-refractivity contribution in [3.05, 3.63) is 0 Å². The fourth-order valence-corrected chi connectivity index (χ4v) is 1.89. The molecule has 0 aromatic heterocycles. The molecule has 0 spiro atoms. The van der Waals surface area contributed by atoms with Crippen LogP contribution >= 0.6 is 0 Å². The molecular formula is C10H22O4. The van der Waals surface area contributed by atoms with Crippen molar-refractivity contribution >= 4 is 0 Å². The first-order valence-corrected chi connectivity index (χ1v) is 5.23. The molecule has 0 aliphatic rings. The number of hydrogen-bond donors (Lipinski definition) is 4. The van der Waals surface area contributed by atoms with Crippen LogP contribution in [0.2, 0.25) is 0 Å². The van der Waals surface area contributed by atoms with Crippen LogP contribution in [0.15, 0.2) is 0 Å². The average molecular weight is 206 g/mol. The third-order valence-corrected chi connectivity index (χ3v) is 2.67. The molecule has 4 nitrogen and oxygen atoms in total. The second-order valence-electron chi connectivity index (χ2n) is 3.57. The molecule has 0 bridgehead atoms. The van der Waals surface area contributed by atoms with E-state index >= 15 is 0 Å². The summed E-state index contributed by atoms with van der Waals surface area (Å²) in [5, 5.41) is 35.4. The highest BCUT2D eigenvalue weighted by atomic mass is 16.3. The summed E-state index contributed by atoms with van der Waals surface area (Å²) in [6, 6.07) is 0. The minimum absolute atomic E-state index is 0.0953. The fraction of sp³-hybridized carbons (Fsp3) is 1.00. The van der Waals surface area contributed by atoms with Crippen molar-refractivity contribution in [3.8, 4) is 0 Å². The molecule has 14 heavy (non-hydrogen) atoms. The van der Waals surface area contributed by atoms with Gasteiger partial charge in [0.2, 0.25) is 0 Å². The average Bonchev–Trinajstić information content (AvgIpc) is 2.17. The van der Waals surface area contributed by atoms with Gasteiger partial charge in [-0.15, -0.1) is 0 Å². The van der Waals surface area contributed by atoms with Gasteiger partial charge in [0.1, 0.15) is 0 Å². The Morgan fingerprint density at radius 1 is 0.500 bits per heavy atom. The van der Waals surface area contributed by atoms with Gasteiger partial charge in [-0.05, 0) is 37.5 Å². The highest BCUT2D eigenvalue weighted by Gasteiger charge is 2.19. The summed E-state index contributed by atoms with van der Waals surface area (Å²) in [6.45, 7) is 0.381. The summed E-state index contributed by atoms with van der Waals surface area (Å²) >= 11 is 0. The van der Waals surface area contributed by atoms with Gasteiger partial charge in [-0.3, -0.25) is 0 Å². The third kappa shape index (κ3) is 5.54. The summed E-state index contributed by atoms with van der Waals surface area (Å²) in [5.74, 6) is 0.397. The molecular weight excluding hydrogens is 184 g/mol. The molecule has 86 valence electrons. The number of hydrogen-bond acceptors (Lipinski definition) is 4.